The number of ether oxygens (including phenoxy) is 2. The Balaban J connectivity index is 1.98. The lowest BCUT2D eigenvalue weighted by molar-refractivity contribution is -0.166. The van der Waals surface area contributed by atoms with Crippen LogP contribution >= 0.6 is 0 Å². The zero-order valence-corrected chi connectivity index (χ0v) is 20.8. The highest BCUT2D eigenvalue weighted by molar-refractivity contribution is 5.78. The minimum Gasteiger partial charge on any atom is -0.484 e. The minimum absolute atomic E-state index is 0.0348. The number of carbonyl (C=O) groups is 2. The SMILES string of the molecule is CCCCCCN(Cc1ccccc1)C(=O)COc1ccc(C[C@](CC)(OCC)C(=O)O)cc1. The van der Waals surface area contributed by atoms with E-state index in [0.29, 0.717) is 31.9 Å². The van der Waals surface area contributed by atoms with E-state index in [4.69, 9.17) is 9.47 Å². The van der Waals surface area contributed by atoms with Gasteiger partial charge in [0.15, 0.2) is 12.2 Å². The predicted octanol–water partition coefficient (Wildman–Crippen LogP) is 5.49. The monoisotopic (exact) mass is 469 g/mol. The summed E-state index contributed by atoms with van der Waals surface area (Å²) < 4.78 is 11.4. The largest absolute Gasteiger partial charge is 0.484 e. The van der Waals surface area contributed by atoms with E-state index in [1.165, 1.54) is 6.42 Å². The molecule has 0 saturated carbocycles. The molecule has 0 aliphatic carbocycles. The highest BCUT2D eigenvalue weighted by Crippen LogP contribution is 2.24. The third-order valence-electron chi connectivity index (χ3n) is 6.01. The Morgan fingerprint density at radius 2 is 1.62 bits per heavy atom. The van der Waals surface area contributed by atoms with Crippen LogP contribution in [0, 0.1) is 0 Å². The summed E-state index contributed by atoms with van der Waals surface area (Å²) in [6.07, 6.45) is 5.05. The molecular weight excluding hydrogens is 430 g/mol. The normalized spacial score (nSPS) is 12.7. The Labute approximate surface area is 203 Å². The van der Waals surface area contributed by atoms with Crippen molar-refractivity contribution < 1.29 is 24.2 Å². The van der Waals surface area contributed by atoms with Crippen molar-refractivity contribution in [3.63, 3.8) is 0 Å². The van der Waals surface area contributed by atoms with E-state index < -0.39 is 11.6 Å². The third-order valence-corrected chi connectivity index (χ3v) is 6.01. The second kappa shape index (κ2) is 14.4. The molecule has 34 heavy (non-hydrogen) atoms. The maximum Gasteiger partial charge on any atom is 0.336 e. The maximum atomic E-state index is 12.9. The Kier molecular flexibility index (Phi) is 11.6. The first kappa shape index (κ1) is 27.4. The Morgan fingerprint density at radius 1 is 0.912 bits per heavy atom. The van der Waals surface area contributed by atoms with Crippen molar-refractivity contribution >= 4 is 11.9 Å². The van der Waals surface area contributed by atoms with Crippen molar-refractivity contribution in [2.45, 2.75) is 71.4 Å². The van der Waals surface area contributed by atoms with Gasteiger partial charge < -0.3 is 19.5 Å². The van der Waals surface area contributed by atoms with Crippen molar-refractivity contribution in [2.24, 2.45) is 0 Å². The van der Waals surface area contributed by atoms with Crippen molar-refractivity contribution in [3.05, 3.63) is 65.7 Å². The maximum absolute atomic E-state index is 12.9. The predicted molar refractivity (Wildman–Crippen MR) is 134 cm³/mol. The van der Waals surface area contributed by atoms with Gasteiger partial charge in [0.05, 0.1) is 0 Å². The van der Waals surface area contributed by atoms with Crippen molar-refractivity contribution in [1.82, 2.24) is 4.90 Å². The fourth-order valence-electron chi connectivity index (χ4n) is 3.94. The fraction of sp³-hybridized carbons (Fsp3) is 0.500. The molecule has 0 fully saturated rings. The average Bonchev–Trinajstić information content (AvgIpc) is 2.85. The van der Waals surface area contributed by atoms with Gasteiger partial charge in [-0.25, -0.2) is 4.79 Å². The van der Waals surface area contributed by atoms with Gasteiger partial charge in [-0.2, -0.15) is 0 Å². The van der Waals surface area contributed by atoms with E-state index in [0.717, 1.165) is 30.4 Å². The number of carboxylic acids is 1. The number of hydrogen-bond acceptors (Lipinski definition) is 4. The molecule has 0 heterocycles. The fourth-order valence-corrected chi connectivity index (χ4v) is 3.94. The first-order chi connectivity index (χ1) is 16.4. The lowest BCUT2D eigenvalue weighted by Crippen LogP contribution is -2.43. The summed E-state index contributed by atoms with van der Waals surface area (Å²) in [7, 11) is 0. The summed E-state index contributed by atoms with van der Waals surface area (Å²) in [6.45, 7) is 7.37. The van der Waals surface area contributed by atoms with Gasteiger partial charge in [0.25, 0.3) is 5.91 Å². The molecule has 6 heteroatoms. The highest BCUT2D eigenvalue weighted by Gasteiger charge is 2.37. The molecule has 0 spiro atoms. The van der Waals surface area contributed by atoms with E-state index in [1.54, 1.807) is 19.1 Å². The van der Waals surface area contributed by atoms with Crippen LogP contribution in [0.5, 0.6) is 5.75 Å². The summed E-state index contributed by atoms with van der Waals surface area (Å²) in [5.41, 5.74) is 0.712. The molecule has 0 unspecified atom stereocenters. The van der Waals surface area contributed by atoms with Crippen LogP contribution in [0.3, 0.4) is 0 Å². The molecule has 1 N–H and O–H groups in total. The molecule has 6 nitrogen and oxygen atoms in total. The number of hydrogen-bond donors (Lipinski definition) is 1. The summed E-state index contributed by atoms with van der Waals surface area (Å²) in [5.74, 6) is -0.423. The third kappa shape index (κ3) is 8.49. The molecule has 1 atom stereocenters. The number of nitrogens with zero attached hydrogens (tertiary/aromatic N) is 1. The summed E-state index contributed by atoms with van der Waals surface area (Å²) in [6, 6.07) is 17.2. The van der Waals surface area contributed by atoms with Gasteiger partial charge in [-0.1, -0.05) is 75.6 Å². The van der Waals surface area contributed by atoms with Gasteiger partial charge >= 0.3 is 5.97 Å². The second-order valence-electron chi connectivity index (χ2n) is 8.56. The van der Waals surface area contributed by atoms with E-state index in [1.807, 2.05) is 54.3 Å². The van der Waals surface area contributed by atoms with Crippen LogP contribution in [0.25, 0.3) is 0 Å². The topological polar surface area (TPSA) is 76.1 Å². The number of amides is 1. The molecule has 186 valence electrons. The standard InChI is InChI=1S/C28H39NO5/c1-4-7-8-12-19-29(21-24-13-10-9-11-14-24)26(30)22-33-25-17-15-23(16-18-25)20-28(5-2,27(31)32)34-6-3/h9-11,13-18H,4-8,12,19-22H2,1-3H3,(H,31,32)/t28-/m0/s1. The average molecular weight is 470 g/mol. The van der Waals surface area contributed by atoms with Crippen molar-refractivity contribution in [2.75, 3.05) is 19.8 Å². The van der Waals surface area contributed by atoms with Gasteiger partial charge in [-0.3, -0.25) is 4.79 Å². The summed E-state index contributed by atoms with van der Waals surface area (Å²) in [5, 5.41) is 9.67. The van der Waals surface area contributed by atoms with Crippen molar-refractivity contribution in [3.8, 4) is 5.75 Å². The molecule has 0 aliphatic rings. The molecular formula is C28H39NO5. The molecule has 2 aromatic carbocycles. The highest BCUT2D eigenvalue weighted by atomic mass is 16.5. The van der Waals surface area contributed by atoms with E-state index in [9.17, 15) is 14.7 Å². The number of rotatable bonds is 16. The minimum atomic E-state index is -1.23. The molecule has 1 amide bonds. The van der Waals surface area contributed by atoms with Crippen LogP contribution in [0.2, 0.25) is 0 Å². The van der Waals surface area contributed by atoms with E-state index in [2.05, 4.69) is 6.92 Å². The van der Waals surface area contributed by atoms with Gasteiger partial charge in [-0.05, 0) is 43.0 Å². The molecule has 2 aromatic rings. The van der Waals surface area contributed by atoms with Crippen LogP contribution in [0.4, 0.5) is 0 Å². The van der Waals surface area contributed by atoms with Crippen LogP contribution in [0.15, 0.2) is 54.6 Å². The van der Waals surface area contributed by atoms with Crippen LogP contribution in [-0.4, -0.2) is 47.2 Å². The van der Waals surface area contributed by atoms with Crippen LogP contribution < -0.4 is 4.74 Å². The van der Waals surface area contributed by atoms with Gasteiger partial charge in [-0.15, -0.1) is 0 Å². The lowest BCUT2D eigenvalue weighted by atomic mass is 9.91. The number of carboxylic acid groups (broad SMARTS) is 1. The second-order valence-corrected chi connectivity index (χ2v) is 8.56. The molecule has 0 saturated heterocycles. The van der Waals surface area contributed by atoms with E-state index >= 15 is 0 Å². The van der Waals surface area contributed by atoms with Crippen LogP contribution in [-0.2, 0) is 27.3 Å². The zero-order valence-electron chi connectivity index (χ0n) is 20.8. The number of unbranched alkanes of at least 4 members (excludes halogenated alkanes) is 3. The summed E-state index contributed by atoms with van der Waals surface area (Å²) in [4.78, 5) is 26.6. The Hall–Kier alpha value is -2.86. The molecule has 0 radical (unpaired) electrons. The Bertz CT molecular complexity index is 868. The number of benzene rings is 2. The smallest absolute Gasteiger partial charge is 0.336 e. The first-order valence-electron chi connectivity index (χ1n) is 12.3. The van der Waals surface area contributed by atoms with Gasteiger partial charge in [0.2, 0.25) is 0 Å². The van der Waals surface area contributed by atoms with Crippen LogP contribution in [0.1, 0.15) is 64.0 Å². The summed E-state index contributed by atoms with van der Waals surface area (Å²) >= 11 is 0. The molecule has 0 bridgehead atoms. The first-order valence-corrected chi connectivity index (χ1v) is 12.3. The van der Waals surface area contributed by atoms with Gasteiger partial charge in [0.1, 0.15) is 5.75 Å². The van der Waals surface area contributed by atoms with Crippen molar-refractivity contribution in [1.29, 1.82) is 0 Å². The molecule has 2 rings (SSSR count). The number of aliphatic carboxylic acids is 1. The molecule has 0 aromatic heterocycles. The Morgan fingerprint density at radius 3 is 2.21 bits per heavy atom. The zero-order chi connectivity index (χ0) is 24.8. The lowest BCUT2D eigenvalue weighted by Gasteiger charge is -2.28. The molecule has 0 aliphatic heterocycles. The quantitative estimate of drug-likeness (QED) is 0.329. The van der Waals surface area contributed by atoms with Gasteiger partial charge in [0, 0.05) is 26.1 Å². The number of carbonyl (C=O) groups excluding carboxylic acids is 1. The van der Waals surface area contributed by atoms with E-state index in [-0.39, 0.29) is 18.9 Å².